The van der Waals surface area contributed by atoms with Crippen molar-refractivity contribution in [2.75, 3.05) is 26.8 Å². The number of carbonyl (C=O) groups excluding carboxylic acids is 1. The van der Waals surface area contributed by atoms with Crippen molar-refractivity contribution in [3.8, 4) is 5.75 Å². The van der Waals surface area contributed by atoms with Crippen LogP contribution >= 0.6 is 0 Å². The lowest BCUT2D eigenvalue weighted by Gasteiger charge is -2.16. The molecule has 5 nitrogen and oxygen atoms in total. The highest BCUT2D eigenvalue weighted by atomic mass is 16.5. The standard InChI is InChI=1S/C14H20N2O3/c1-15-13-9-19-8-12(13)14(18)16-7-6-10-2-4-11(17)5-3-10/h2-5,12-13,15,17H,6-9H2,1H3,(H,16,18). The van der Waals surface area contributed by atoms with Crippen LogP contribution < -0.4 is 10.6 Å². The Bertz CT molecular complexity index is 419. The highest BCUT2D eigenvalue weighted by molar-refractivity contribution is 5.79. The Hall–Kier alpha value is -1.59. The number of benzene rings is 1. The van der Waals surface area contributed by atoms with Crippen LogP contribution in [-0.2, 0) is 16.0 Å². The fourth-order valence-corrected chi connectivity index (χ4v) is 2.22. The topological polar surface area (TPSA) is 70.6 Å². The molecule has 104 valence electrons. The number of phenols is 1. The van der Waals surface area contributed by atoms with Crippen molar-refractivity contribution in [3.05, 3.63) is 29.8 Å². The molecule has 2 rings (SSSR count). The average Bonchev–Trinajstić information content (AvgIpc) is 2.89. The molecule has 1 fully saturated rings. The van der Waals surface area contributed by atoms with E-state index < -0.39 is 0 Å². The summed E-state index contributed by atoms with van der Waals surface area (Å²) in [6.45, 7) is 1.67. The summed E-state index contributed by atoms with van der Waals surface area (Å²) in [5.41, 5.74) is 1.09. The fraction of sp³-hybridized carbons (Fsp3) is 0.500. The van der Waals surface area contributed by atoms with Gasteiger partial charge in [0.2, 0.25) is 5.91 Å². The molecular weight excluding hydrogens is 244 g/mol. The van der Waals surface area contributed by atoms with Crippen LogP contribution in [0, 0.1) is 5.92 Å². The number of amides is 1. The summed E-state index contributed by atoms with van der Waals surface area (Å²) < 4.78 is 5.31. The van der Waals surface area contributed by atoms with E-state index in [-0.39, 0.29) is 23.6 Å². The predicted molar refractivity (Wildman–Crippen MR) is 72.0 cm³/mol. The van der Waals surface area contributed by atoms with Crippen LogP contribution in [0.1, 0.15) is 5.56 Å². The number of hydrogen-bond donors (Lipinski definition) is 3. The Morgan fingerprint density at radius 3 is 2.79 bits per heavy atom. The molecule has 1 saturated heterocycles. The first-order valence-electron chi connectivity index (χ1n) is 6.51. The molecule has 1 amide bonds. The Balaban J connectivity index is 1.76. The van der Waals surface area contributed by atoms with Crippen molar-refractivity contribution in [1.29, 1.82) is 0 Å². The van der Waals surface area contributed by atoms with Crippen molar-refractivity contribution in [2.24, 2.45) is 5.92 Å². The second-order valence-electron chi connectivity index (χ2n) is 4.75. The first-order chi connectivity index (χ1) is 9.20. The molecule has 3 N–H and O–H groups in total. The van der Waals surface area contributed by atoms with Crippen molar-refractivity contribution in [3.63, 3.8) is 0 Å². The van der Waals surface area contributed by atoms with E-state index in [2.05, 4.69) is 10.6 Å². The average molecular weight is 264 g/mol. The summed E-state index contributed by atoms with van der Waals surface area (Å²) in [4.78, 5) is 12.0. The maximum absolute atomic E-state index is 12.0. The van der Waals surface area contributed by atoms with Crippen LogP contribution in [0.25, 0.3) is 0 Å². The van der Waals surface area contributed by atoms with Crippen LogP contribution in [0.5, 0.6) is 5.75 Å². The lowest BCUT2D eigenvalue weighted by molar-refractivity contribution is -0.125. The third kappa shape index (κ3) is 3.68. The maximum Gasteiger partial charge on any atom is 0.227 e. The predicted octanol–water partition coefficient (Wildman–Crippen LogP) is 0.285. The minimum absolute atomic E-state index is 0.0376. The molecule has 0 saturated carbocycles. The van der Waals surface area contributed by atoms with Crippen molar-refractivity contribution in [1.82, 2.24) is 10.6 Å². The monoisotopic (exact) mass is 264 g/mol. The minimum atomic E-state index is -0.107. The molecule has 1 aromatic carbocycles. The maximum atomic E-state index is 12.0. The first kappa shape index (κ1) is 13.8. The first-order valence-corrected chi connectivity index (χ1v) is 6.51. The SMILES string of the molecule is CNC1COCC1C(=O)NCCc1ccc(O)cc1. The number of hydrogen-bond acceptors (Lipinski definition) is 4. The van der Waals surface area contributed by atoms with E-state index in [0.29, 0.717) is 19.8 Å². The van der Waals surface area contributed by atoms with Gasteiger partial charge < -0.3 is 20.5 Å². The number of nitrogens with one attached hydrogen (secondary N) is 2. The normalized spacial score (nSPS) is 22.4. The zero-order chi connectivity index (χ0) is 13.7. The Kier molecular flexibility index (Phi) is 4.76. The highest BCUT2D eigenvalue weighted by Crippen LogP contribution is 2.13. The Morgan fingerprint density at radius 1 is 1.37 bits per heavy atom. The Morgan fingerprint density at radius 2 is 2.11 bits per heavy atom. The quantitative estimate of drug-likeness (QED) is 0.714. The van der Waals surface area contributed by atoms with E-state index in [0.717, 1.165) is 12.0 Å². The van der Waals surface area contributed by atoms with Crippen molar-refractivity contribution < 1.29 is 14.6 Å². The van der Waals surface area contributed by atoms with Gasteiger partial charge in [0.05, 0.1) is 19.1 Å². The molecule has 2 atom stereocenters. The molecule has 5 heteroatoms. The molecule has 0 radical (unpaired) electrons. The molecule has 1 aliphatic heterocycles. The summed E-state index contributed by atoms with van der Waals surface area (Å²) in [5.74, 6) is 0.188. The molecule has 2 unspecified atom stereocenters. The van der Waals surface area contributed by atoms with Crippen LogP contribution in [0.3, 0.4) is 0 Å². The number of carbonyl (C=O) groups is 1. The number of rotatable bonds is 5. The molecular formula is C14H20N2O3. The third-order valence-corrected chi connectivity index (χ3v) is 3.44. The molecule has 0 bridgehead atoms. The van der Waals surface area contributed by atoms with E-state index in [1.54, 1.807) is 12.1 Å². The van der Waals surface area contributed by atoms with Crippen LogP contribution in [-0.4, -0.2) is 43.9 Å². The summed E-state index contributed by atoms with van der Waals surface area (Å²) in [6.07, 6.45) is 0.754. The molecule has 1 heterocycles. The largest absolute Gasteiger partial charge is 0.508 e. The zero-order valence-corrected chi connectivity index (χ0v) is 11.1. The van der Waals surface area contributed by atoms with Gasteiger partial charge in [0.15, 0.2) is 0 Å². The van der Waals surface area contributed by atoms with Crippen LogP contribution in [0.2, 0.25) is 0 Å². The van der Waals surface area contributed by atoms with Gasteiger partial charge in [-0.3, -0.25) is 4.79 Å². The van der Waals surface area contributed by atoms with Crippen LogP contribution in [0.15, 0.2) is 24.3 Å². The number of likely N-dealkylation sites (N-methyl/N-ethyl adjacent to an activating group) is 1. The van der Waals surface area contributed by atoms with Gasteiger partial charge in [-0.2, -0.15) is 0 Å². The fourth-order valence-electron chi connectivity index (χ4n) is 2.22. The van der Waals surface area contributed by atoms with Gasteiger partial charge in [0.25, 0.3) is 0 Å². The molecule has 0 spiro atoms. The van der Waals surface area contributed by atoms with Gasteiger partial charge in [0, 0.05) is 12.6 Å². The van der Waals surface area contributed by atoms with Gasteiger partial charge in [-0.1, -0.05) is 12.1 Å². The van der Waals surface area contributed by atoms with Gasteiger partial charge >= 0.3 is 0 Å². The lowest BCUT2D eigenvalue weighted by atomic mass is 10.0. The van der Waals surface area contributed by atoms with E-state index >= 15 is 0 Å². The van der Waals surface area contributed by atoms with E-state index in [4.69, 9.17) is 4.74 Å². The summed E-state index contributed by atoms with van der Waals surface area (Å²) in [7, 11) is 1.84. The van der Waals surface area contributed by atoms with Crippen LogP contribution in [0.4, 0.5) is 0 Å². The van der Waals surface area contributed by atoms with Gasteiger partial charge in [-0.15, -0.1) is 0 Å². The Labute approximate surface area is 113 Å². The molecule has 1 aromatic rings. The minimum Gasteiger partial charge on any atom is -0.508 e. The third-order valence-electron chi connectivity index (χ3n) is 3.44. The zero-order valence-electron chi connectivity index (χ0n) is 11.1. The number of phenolic OH excluding ortho intramolecular Hbond substituents is 1. The van der Waals surface area contributed by atoms with Gasteiger partial charge in [-0.05, 0) is 31.2 Å². The van der Waals surface area contributed by atoms with Gasteiger partial charge in [0.1, 0.15) is 5.75 Å². The molecule has 0 aromatic heterocycles. The number of ether oxygens (including phenoxy) is 1. The molecule has 0 aliphatic carbocycles. The van der Waals surface area contributed by atoms with E-state index in [1.165, 1.54) is 0 Å². The van der Waals surface area contributed by atoms with E-state index in [1.807, 2.05) is 19.2 Å². The molecule has 1 aliphatic rings. The lowest BCUT2D eigenvalue weighted by Crippen LogP contribution is -2.43. The molecule has 19 heavy (non-hydrogen) atoms. The summed E-state index contributed by atoms with van der Waals surface area (Å²) >= 11 is 0. The second-order valence-corrected chi connectivity index (χ2v) is 4.75. The highest BCUT2D eigenvalue weighted by Gasteiger charge is 2.32. The number of aromatic hydroxyl groups is 1. The second kappa shape index (κ2) is 6.54. The summed E-state index contributed by atoms with van der Waals surface area (Å²) in [6, 6.07) is 7.12. The van der Waals surface area contributed by atoms with Crippen molar-refractivity contribution in [2.45, 2.75) is 12.5 Å². The van der Waals surface area contributed by atoms with E-state index in [9.17, 15) is 9.90 Å². The summed E-state index contributed by atoms with van der Waals surface area (Å²) in [5, 5.41) is 15.2. The smallest absolute Gasteiger partial charge is 0.227 e. The van der Waals surface area contributed by atoms with Crippen molar-refractivity contribution >= 4 is 5.91 Å². The van der Waals surface area contributed by atoms with Gasteiger partial charge in [-0.25, -0.2) is 0 Å².